The molecule has 0 aliphatic rings. The van der Waals surface area contributed by atoms with Crippen LogP contribution in [0.3, 0.4) is 0 Å². The quantitative estimate of drug-likeness (QED) is 0.689. The molecule has 1 aromatic rings. The third-order valence-electron chi connectivity index (χ3n) is 1.27. The van der Waals surface area contributed by atoms with Crippen molar-refractivity contribution < 1.29 is 5.11 Å². The van der Waals surface area contributed by atoms with Crippen molar-refractivity contribution in [3.8, 4) is 0 Å². The van der Waals surface area contributed by atoms with Crippen molar-refractivity contribution >= 4 is 11.6 Å². The zero-order valence-corrected chi connectivity index (χ0v) is 6.23. The van der Waals surface area contributed by atoms with Crippen molar-refractivity contribution in [1.29, 1.82) is 0 Å². The van der Waals surface area contributed by atoms with Crippen molar-refractivity contribution in [3.05, 3.63) is 34.9 Å². The lowest BCUT2D eigenvalue weighted by molar-refractivity contribution is 0.299. The molecule has 1 rings (SSSR count). The Morgan fingerprint density at radius 1 is 1.60 bits per heavy atom. The first-order valence-corrected chi connectivity index (χ1v) is 3.47. The maximum atomic E-state index is 8.57. The van der Waals surface area contributed by atoms with Gasteiger partial charge in [0, 0.05) is 11.6 Å². The molecule has 2 heteroatoms. The van der Waals surface area contributed by atoms with Crippen LogP contribution in [0.2, 0.25) is 5.02 Å². The SMILES string of the molecule is OCCc1c[c]ccc1Cl. The van der Waals surface area contributed by atoms with E-state index in [1.165, 1.54) is 0 Å². The van der Waals surface area contributed by atoms with E-state index >= 15 is 0 Å². The van der Waals surface area contributed by atoms with Crippen LogP contribution in [0.1, 0.15) is 5.56 Å². The molecule has 53 valence electrons. The van der Waals surface area contributed by atoms with Gasteiger partial charge in [0.1, 0.15) is 0 Å². The number of hydrogen-bond donors (Lipinski definition) is 1. The highest BCUT2D eigenvalue weighted by Crippen LogP contribution is 2.14. The Morgan fingerprint density at radius 2 is 2.40 bits per heavy atom. The number of benzene rings is 1. The first-order valence-electron chi connectivity index (χ1n) is 3.10. The Hall–Kier alpha value is -0.530. The zero-order chi connectivity index (χ0) is 7.40. The van der Waals surface area contributed by atoms with Crippen LogP contribution in [0.4, 0.5) is 0 Å². The van der Waals surface area contributed by atoms with Gasteiger partial charge in [0.15, 0.2) is 0 Å². The molecule has 0 aliphatic heterocycles. The molecule has 1 aromatic carbocycles. The summed E-state index contributed by atoms with van der Waals surface area (Å²) in [6, 6.07) is 8.20. The van der Waals surface area contributed by atoms with Gasteiger partial charge < -0.3 is 5.11 Å². The molecule has 0 amide bonds. The third-order valence-corrected chi connectivity index (χ3v) is 1.64. The zero-order valence-electron chi connectivity index (χ0n) is 5.47. The van der Waals surface area contributed by atoms with Gasteiger partial charge in [-0.3, -0.25) is 0 Å². The van der Waals surface area contributed by atoms with E-state index in [4.69, 9.17) is 16.7 Å². The minimum atomic E-state index is 0.136. The normalized spacial score (nSPS) is 9.80. The van der Waals surface area contributed by atoms with Crippen molar-refractivity contribution in [3.63, 3.8) is 0 Å². The van der Waals surface area contributed by atoms with E-state index in [2.05, 4.69) is 6.07 Å². The van der Waals surface area contributed by atoms with Crippen LogP contribution in [0.15, 0.2) is 18.2 Å². The van der Waals surface area contributed by atoms with Gasteiger partial charge in [-0.05, 0) is 30.2 Å². The Kier molecular flexibility index (Phi) is 2.72. The van der Waals surface area contributed by atoms with E-state index in [0.29, 0.717) is 11.4 Å². The van der Waals surface area contributed by atoms with Crippen molar-refractivity contribution in [2.75, 3.05) is 6.61 Å². The largest absolute Gasteiger partial charge is 0.396 e. The van der Waals surface area contributed by atoms with Crippen LogP contribution in [-0.4, -0.2) is 11.7 Å². The Labute approximate surface area is 65.3 Å². The minimum absolute atomic E-state index is 0.136. The standard InChI is InChI=1S/C8H8ClO/c9-8-4-2-1-3-7(8)5-6-10/h2-4,10H,5-6H2. The van der Waals surface area contributed by atoms with Gasteiger partial charge in [0.25, 0.3) is 0 Å². The van der Waals surface area contributed by atoms with E-state index in [0.717, 1.165) is 5.56 Å². The summed E-state index contributed by atoms with van der Waals surface area (Å²) in [4.78, 5) is 0. The molecule has 1 N–H and O–H groups in total. The molecule has 0 fully saturated rings. The van der Waals surface area contributed by atoms with E-state index < -0.39 is 0 Å². The number of rotatable bonds is 2. The van der Waals surface area contributed by atoms with E-state index in [1.54, 1.807) is 18.2 Å². The second-order valence-electron chi connectivity index (χ2n) is 1.99. The summed E-state index contributed by atoms with van der Waals surface area (Å²) in [5, 5.41) is 9.27. The maximum absolute atomic E-state index is 8.57. The molecule has 0 atom stereocenters. The van der Waals surface area contributed by atoms with Crippen LogP contribution >= 0.6 is 11.6 Å². The van der Waals surface area contributed by atoms with Crippen molar-refractivity contribution in [2.45, 2.75) is 6.42 Å². The number of hydrogen-bond acceptors (Lipinski definition) is 1. The molecular formula is C8H8ClO. The Morgan fingerprint density at radius 3 is 3.00 bits per heavy atom. The molecule has 0 aliphatic carbocycles. The van der Waals surface area contributed by atoms with E-state index in [9.17, 15) is 0 Å². The van der Waals surface area contributed by atoms with Gasteiger partial charge in [0.2, 0.25) is 0 Å². The van der Waals surface area contributed by atoms with Gasteiger partial charge in [-0.1, -0.05) is 17.7 Å². The topological polar surface area (TPSA) is 20.2 Å². The summed E-state index contributed by atoms with van der Waals surface area (Å²) in [6.45, 7) is 0.136. The molecule has 0 aromatic heterocycles. The molecule has 0 saturated carbocycles. The average Bonchev–Trinajstić information content (AvgIpc) is 1.94. The van der Waals surface area contributed by atoms with Crippen LogP contribution in [0.25, 0.3) is 0 Å². The highest BCUT2D eigenvalue weighted by atomic mass is 35.5. The molecule has 1 nitrogen and oxygen atoms in total. The van der Waals surface area contributed by atoms with Gasteiger partial charge in [-0.15, -0.1) is 0 Å². The molecule has 0 spiro atoms. The number of aliphatic hydroxyl groups excluding tert-OH is 1. The molecule has 0 bridgehead atoms. The molecule has 1 radical (unpaired) electrons. The summed E-state index contributed by atoms with van der Waals surface area (Å²) in [5.74, 6) is 0. The van der Waals surface area contributed by atoms with Crippen LogP contribution in [-0.2, 0) is 6.42 Å². The van der Waals surface area contributed by atoms with Crippen LogP contribution in [0.5, 0.6) is 0 Å². The lowest BCUT2D eigenvalue weighted by Gasteiger charge is -1.98. The second kappa shape index (κ2) is 3.59. The van der Waals surface area contributed by atoms with Crippen LogP contribution in [0, 0.1) is 6.07 Å². The second-order valence-corrected chi connectivity index (χ2v) is 2.40. The highest BCUT2D eigenvalue weighted by molar-refractivity contribution is 6.31. The first-order chi connectivity index (χ1) is 4.84. The lowest BCUT2D eigenvalue weighted by atomic mass is 10.2. The predicted octanol–water partition coefficient (Wildman–Crippen LogP) is 1.67. The fourth-order valence-corrected chi connectivity index (χ4v) is 0.970. The summed E-state index contributed by atoms with van der Waals surface area (Å²) in [6.07, 6.45) is 0.607. The Balaban J connectivity index is 2.81. The lowest BCUT2D eigenvalue weighted by Crippen LogP contribution is -1.90. The molecule has 0 unspecified atom stereocenters. The molecule has 10 heavy (non-hydrogen) atoms. The monoisotopic (exact) mass is 155 g/mol. The fraction of sp³-hybridized carbons (Fsp3) is 0.250. The van der Waals surface area contributed by atoms with Crippen molar-refractivity contribution in [1.82, 2.24) is 0 Å². The number of aliphatic hydroxyl groups is 1. The average molecular weight is 156 g/mol. The predicted molar refractivity (Wildman–Crippen MR) is 41.1 cm³/mol. The molecule has 0 saturated heterocycles. The molecular weight excluding hydrogens is 148 g/mol. The summed E-state index contributed by atoms with van der Waals surface area (Å²) < 4.78 is 0. The van der Waals surface area contributed by atoms with E-state index in [1.807, 2.05) is 0 Å². The highest BCUT2D eigenvalue weighted by Gasteiger charge is 1.95. The Bertz CT molecular complexity index is 210. The third kappa shape index (κ3) is 1.72. The minimum Gasteiger partial charge on any atom is -0.396 e. The van der Waals surface area contributed by atoms with Gasteiger partial charge in [-0.25, -0.2) is 0 Å². The van der Waals surface area contributed by atoms with Gasteiger partial charge in [0.05, 0.1) is 0 Å². The maximum Gasteiger partial charge on any atom is 0.0471 e. The smallest absolute Gasteiger partial charge is 0.0471 e. The van der Waals surface area contributed by atoms with E-state index in [-0.39, 0.29) is 6.61 Å². The first kappa shape index (κ1) is 7.58. The fourth-order valence-electron chi connectivity index (χ4n) is 0.758. The molecule has 0 heterocycles. The summed E-state index contributed by atoms with van der Waals surface area (Å²) in [5.41, 5.74) is 0.951. The summed E-state index contributed by atoms with van der Waals surface area (Å²) in [7, 11) is 0. The number of halogens is 1. The van der Waals surface area contributed by atoms with Crippen LogP contribution < -0.4 is 0 Å². The van der Waals surface area contributed by atoms with Gasteiger partial charge in [-0.2, -0.15) is 0 Å². The van der Waals surface area contributed by atoms with Crippen molar-refractivity contribution in [2.24, 2.45) is 0 Å². The summed E-state index contributed by atoms with van der Waals surface area (Å²) >= 11 is 5.77. The van der Waals surface area contributed by atoms with Gasteiger partial charge >= 0.3 is 0 Å².